The Hall–Kier alpha value is -2.08. The first-order chi connectivity index (χ1) is 9.97. The summed E-state index contributed by atoms with van der Waals surface area (Å²) in [6.07, 6.45) is 3.53. The van der Waals surface area contributed by atoms with Crippen molar-refractivity contribution in [2.45, 2.75) is 24.3 Å². The fourth-order valence-electron chi connectivity index (χ4n) is 1.74. The molecule has 1 N–H and O–H groups in total. The first-order valence-electron chi connectivity index (χ1n) is 6.53. The summed E-state index contributed by atoms with van der Waals surface area (Å²) in [4.78, 5) is 27.7. The number of hydrogen-bond acceptors (Lipinski definition) is 4. The standard InChI is InChI=1S/C15H17N3O2S/c1-10(19)12-5-4-6-13(9-12)17-14(20)11(2)21-15-16-7-8-18(15)3/h4-9,11H,1-3H3,(H,17,20)/t11-/m0/s1. The van der Waals surface area contributed by atoms with Crippen molar-refractivity contribution in [2.24, 2.45) is 7.05 Å². The number of carbonyl (C=O) groups is 2. The van der Waals surface area contributed by atoms with Gasteiger partial charge in [0.05, 0.1) is 5.25 Å². The minimum atomic E-state index is -0.285. The van der Waals surface area contributed by atoms with E-state index in [1.807, 2.05) is 24.7 Å². The number of aryl methyl sites for hydroxylation is 1. The number of carbonyl (C=O) groups excluding carboxylic acids is 2. The number of hydrogen-bond donors (Lipinski definition) is 1. The first-order valence-corrected chi connectivity index (χ1v) is 7.41. The lowest BCUT2D eigenvalue weighted by Crippen LogP contribution is -2.22. The summed E-state index contributed by atoms with van der Waals surface area (Å²) < 4.78 is 1.87. The van der Waals surface area contributed by atoms with E-state index in [9.17, 15) is 9.59 Å². The van der Waals surface area contributed by atoms with Crippen LogP contribution in [-0.2, 0) is 11.8 Å². The average Bonchev–Trinajstić information content (AvgIpc) is 2.84. The predicted octanol–water partition coefficient (Wildman–Crippen LogP) is 2.74. The van der Waals surface area contributed by atoms with Crippen LogP contribution in [0.2, 0.25) is 0 Å². The lowest BCUT2D eigenvalue weighted by Gasteiger charge is -2.12. The molecule has 1 amide bonds. The Morgan fingerprint density at radius 1 is 1.38 bits per heavy atom. The Labute approximate surface area is 127 Å². The number of nitrogens with one attached hydrogen (secondary N) is 1. The van der Waals surface area contributed by atoms with Gasteiger partial charge >= 0.3 is 0 Å². The summed E-state index contributed by atoms with van der Waals surface area (Å²) >= 11 is 1.39. The summed E-state index contributed by atoms with van der Waals surface area (Å²) in [7, 11) is 1.89. The molecule has 0 fully saturated rings. The van der Waals surface area contributed by atoms with Crippen LogP contribution >= 0.6 is 11.8 Å². The maximum absolute atomic E-state index is 12.2. The van der Waals surface area contributed by atoms with E-state index in [2.05, 4.69) is 10.3 Å². The molecule has 0 saturated carbocycles. The fraction of sp³-hybridized carbons (Fsp3) is 0.267. The largest absolute Gasteiger partial charge is 0.329 e. The monoisotopic (exact) mass is 303 g/mol. The van der Waals surface area contributed by atoms with Crippen LogP contribution in [0.1, 0.15) is 24.2 Å². The third kappa shape index (κ3) is 3.95. The van der Waals surface area contributed by atoms with Gasteiger partial charge in [0.15, 0.2) is 10.9 Å². The molecule has 0 saturated heterocycles. The molecule has 0 aliphatic heterocycles. The number of rotatable bonds is 5. The zero-order valence-electron chi connectivity index (χ0n) is 12.2. The third-order valence-electron chi connectivity index (χ3n) is 2.97. The van der Waals surface area contributed by atoms with E-state index >= 15 is 0 Å². The van der Waals surface area contributed by atoms with Gasteiger partial charge in [-0.2, -0.15) is 0 Å². The van der Waals surface area contributed by atoms with Gasteiger partial charge in [0.2, 0.25) is 5.91 Å². The van der Waals surface area contributed by atoms with Crippen LogP contribution in [0.3, 0.4) is 0 Å². The molecule has 0 aliphatic carbocycles. The van der Waals surface area contributed by atoms with Crippen molar-refractivity contribution in [1.29, 1.82) is 0 Å². The second-order valence-corrected chi connectivity index (χ2v) is 6.01. The van der Waals surface area contributed by atoms with Gasteiger partial charge in [-0.3, -0.25) is 9.59 Å². The van der Waals surface area contributed by atoms with E-state index in [0.29, 0.717) is 11.3 Å². The van der Waals surface area contributed by atoms with Crippen LogP contribution in [0.15, 0.2) is 41.8 Å². The second kappa shape index (κ2) is 6.58. The molecule has 0 spiro atoms. The highest BCUT2D eigenvalue weighted by Gasteiger charge is 2.17. The number of anilines is 1. The van der Waals surface area contributed by atoms with Crippen LogP contribution in [0.25, 0.3) is 0 Å². The van der Waals surface area contributed by atoms with Crippen LogP contribution in [0.4, 0.5) is 5.69 Å². The predicted molar refractivity (Wildman–Crippen MR) is 83.6 cm³/mol. The Balaban J connectivity index is 2.02. The highest BCUT2D eigenvalue weighted by Crippen LogP contribution is 2.22. The zero-order valence-corrected chi connectivity index (χ0v) is 13.0. The zero-order chi connectivity index (χ0) is 15.4. The number of ketones is 1. The van der Waals surface area contributed by atoms with E-state index in [-0.39, 0.29) is 16.9 Å². The van der Waals surface area contributed by atoms with Gasteiger partial charge in [-0.05, 0) is 26.0 Å². The first kappa shape index (κ1) is 15.3. The van der Waals surface area contributed by atoms with Gasteiger partial charge in [-0.1, -0.05) is 23.9 Å². The van der Waals surface area contributed by atoms with Crippen LogP contribution in [-0.4, -0.2) is 26.5 Å². The summed E-state index contributed by atoms with van der Waals surface area (Å²) in [5.74, 6) is -0.148. The third-order valence-corrected chi connectivity index (χ3v) is 4.14. The molecule has 21 heavy (non-hydrogen) atoms. The van der Waals surface area contributed by atoms with Crippen LogP contribution < -0.4 is 5.32 Å². The fourth-order valence-corrected chi connectivity index (χ4v) is 2.57. The van der Waals surface area contributed by atoms with E-state index in [4.69, 9.17) is 0 Å². The topological polar surface area (TPSA) is 64.0 Å². The molecule has 0 aliphatic rings. The minimum absolute atomic E-state index is 0.0264. The normalized spacial score (nSPS) is 12.0. The highest BCUT2D eigenvalue weighted by molar-refractivity contribution is 8.00. The van der Waals surface area contributed by atoms with Crippen molar-refractivity contribution in [3.8, 4) is 0 Å². The van der Waals surface area contributed by atoms with Gasteiger partial charge in [0, 0.05) is 30.7 Å². The van der Waals surface area contributed by atoms with Crippen LogP contribution in [0, 0.1) is 0 Å². The van der Waals surface area contributed by atoms with Gasteiger partial charge in [0.25, 0.3) is 0 Å². The molecule has 1 aromatic carbocycles. The average molecular weight is 303 g/mol. The number of aromatic nitrogens is 2. The quantitative estimate of drug-likeness (QED) is 0.681. The number of nitrogens with zero attached hydrogens (tertiary/aromatic N) is 2. The summed E-state index contributed by atoms with van der Waals surface area (Å²) in [6.45, 7) is 3.32. The van der Waals surface area contributed by atoms with E-state index in [0.717, 1.165) is 5.16 Å². The highest BCUT2D eigenvalue weighted by atomic mass is 32.2. The summed E-state index contributed by atoms with van der Waals surface area (Å²) in [5.41, 5.74) is 1.21. The molecule has 0 bridgehead atoms. The van der Waals surface area contributed by atoms with E-state index in [1.165, 1.54) is 18.7 Å². The molecule has 6 heteroatoms. The van der Waals surface area contributed by atoms with E-state index in [1.54, 1.807) is 30.5 Å². The maximum Gasteiger partial charge on any atom is 0.237 e. The lowest BCUT2D eigenvalue weighted by molar-refractivity contribution is -0.115. The molecular formula is C15H17N3O2S. The van der Waals surface area contributed by atoms with Gasteiger partial charge in [-0.15, -0.1) is 0 Å². The molecule has 1 heterocycles. The Bertz CT molecular complexity index is 666. The van der Waals surface area contributed by atoms with Gasteiger partial charge in [-0.25, -0.2) is 4.98 Å². The van der Waals surface area contributed by atoms with Crippen molar-refractivity contribution in [1.82, 2.24) is 9.55 Å². The maximum atomic E-state index is 12.2. The van der Waals surface area contributed by atoms with Crippen molar-refractivity contribution >= 4 is 29.1 Å². The molecule has 5 nitrogen and oxygen atoms in total. The summed E-state index contributed by atoms with van der Waals surface area (Å²) in [6, 6.07) is 6.92. The molecule has 0 radical (unpaired) electrons. The molecule has 110 valence electrons. The van der Waals surface area contributed by atoms with Crippen molar-refractivity contribution in [2.75, 3.05) is 5.32 Å². The second-order valence-electron chi connectivity index (χ2n) is 4.71. The Kier molecular flexibility index (Phi) is 4.80. The van der Waals surface area contributed by atoms with Crippen molar-refractivity contribution in [3.63, 3.8) is 0 Å². The van der Waals surface area contributed by atoms with E-state index < -0.39 is 0 Å². The number of thioether (sulfide) groups is 1. The molecular weight excluding hydrogens is 286 g/mol. The van der Waals surface area contributed by atoms with Gasteiger partial charge < -0.3 is 9.88 Å². The molecule has 0 unspecified atom stereocenters. The number of benzene rings is 1. The Morgan fingerprint density at radius 3 is 2.76 bits per heavy atom. The molecule has 1 atom stereocenters. The Morgan fingerprint density at radius 2 is 2.14 bits per heavy atom. The summed E-state index contributed by atoms with van der Waals surface area (Å²) in [5, 5.41) is 3.32. The lowest BCUT2D eigenvalue weighted by atomic mass is 10.1. The SMILES string of the molecule is CC(=O)c1cccc(NC(=O)[C@H](C)Sc2nccn2C)c1. The smallest absolute Gasteiger partial charge is 0.237 e. The van der Waals surface area contributed by atoms with Gasteiger partial charge in [0.1, 0.15) is 0 Å². The minimum Gasteiger partial charge on any atom is -0.329 e. The number of imidazole rings is 1. The number of Topliss-reactive ketones (excluding diaryl/α,β-unsaturated/α-hetero) is 1. The molecule has 2 rings (SSSR count). The number of amides is 1. The molecule has 2 aromatic rings. The van der Waals surface area contributed by atoms with Crippen molar-refractivity contribution in [3.05, 3.63) is 42.2 Å². The van der Waals surface area contributed by atoms with Crippen LogP contribution in [0.5, 0.6) is 0 Å². The van der Waals surface area contributed by atoms with Crippen molar-refractivity contribution < 1.29 is 9.59 Å². The molecule has 1 aromatic heterocycles.